The molecule has 31 heavy (non-hydrogen) atoms. The van der Waals surface area contributed by atoms with Gasteiger partial charge in [-0.25, -0.2) is 0 Å². The van der Waals surface area contributed by atoms with Crippen molar-refractivity contribution < 1.29 is 0 Å². The second kappa shape index (κ2) is 21.5. The summed E-state index contributed by atoms with van der Waals surface area (Å²) >= 11 is 0. The van der Waals surface area contributed by atoms with Crippen LogP contribution in [0.1, 0.15) is 82.1 Å². The monoisotopic (exact) mass is 431 g/mol. The van der Waals surface area contributed by atoms with Crippen molar-refractivity contribution in [3.8, 4) is 0 Å². The van der Waals surface area contributed by atoms with Gasteiger partial charge in [-0.3, -0.25) is 4.99 Å². The second-order valence-corrected chi connectivity index (χ2v) is 7.16. The predicted octanol–water partition coefficient (Wildman–Crippen LogP) is 7.73. The number of hydrogen-bond acceptors (Lipinski definition) is 3. The zero-order chi connectivity index (χ0) is 23.5. The maximum Gasteiger partial charge on any atom is 0.0601 e. The summed E-state index contributed by atoms with van der Waals surface area (Å²) in [6.45, 7) is 27.3. The average Bonchev–Trinajstić information content (AvgIpc) is 2.77. The molecule has 1 aliphatic rings. The highest BCUT2D eigenvalue weighted by molar-refractivity contribution is 5.80. The summed E-state index contributed by atoms with van der Waals surface area (Å²) in [5.41, 5.74) is 10.9. The third kappa shape index (κ3) is 14.1. The Bertz CT molecular complexity index is 581. The molecule has 0 radical (unpaired) electrons. The molecule has 1 fully saturated rings. The molecule has 2 N–H and O–H groups in total. The van der Waals surface area contributed by atoms with Crippen LogP contribution in [0.15, 0.2) is 65.4 Å². The minimum absolute atomic E-state index is 0. The molecule has 3 heteroatoms. The first-order valence-electron chi connectivity index (χ1n) is 11.7. The van der Waals surface area contributed by atoms with Crippen LogP contribution in [0.5, 0.6) is 0 Å². The van der Waals surface area contributed by atoms with Gasteiger partial charge in [0, 0.05) is 18.3 Å². The Labute approximate surface area is 195 Å². The third-order valence-corrected chi connectivity index (χ3v) is 5.04. The summed E-state index contributed by atoms with van der Waals surface area (Å²) in [5, 5.41) is 0. The summed E-state index contributed by atoms with van der Waals surface area (Å²) in [7, 11) is 0. The molecule has 0 aromatic heterocycles. The Kier molecular flexibility index (Phi) is 23.5. The normalized spacial score (nSPS) is 16.2. The van der Waals surface area contributed by atoms with Gasteiger partial charge in [-0.15, -0.1) is 0 Å². The summed E-state index contributed by atoms with van der Waals surface area (Å²) in [4.78, 5) is 7.05. The van der Waals surface area contributed by atoms with Crippen molar-refractivity contribution in [1.29, 1.82) is 0 Å². The molecule has 1 unspecified atom stereocenters. The second-order valence-electron chi connectivity index (χ2n) is 7.16. The van der Waals surface area contributed by atoms with Crippen LogP contribution in [0.4, 0.5) is 0 Å². The highest BCUT2D eigenvalue weighted by atomic mass is 15.1. The number of aliphatic imine (C=N–C) groups is 1. The molecule has 0 aromatic carbocycles. The van der Waals surface area contributed by atoms with Crippen LogP contribution in [0.3, 0.4) is 0 Å². The topological polar surface area (TPSA) is 41.6 Å². The average molecular weight is 432 g/mol. The van der Waals surface area contributed by atoms with Crippen LogP contribution in [-0.4, -0.2) is 36.3 Å². The molecule has 0 aliphatic carbocycles. The van der Waals surface area contributed by atoms with Crippen molar-refractivity contribution >= 4 is 5.71 Å². The van der Waals surface area contributed by atoms with Gasteiger partial charge >= 0.3 is 0 Å². The van der Waals surface area contributed by atoms with E-state index in [1.54, 1.807) is 0 Å². The molecule has 0 bridgehead atoms. The molecule has 180 valence electrons. The molecular weight excluding hydrogens is 378 g/mol. The van der Waals surface area contributed by atoms with Crippen LogP contribution in [0.2, 0.25) is 0 Å². The zero-order valence-electron chi connectivity index (χ0n) is 21.2. The van der Waals surface area contributed by atoms with Crippen LogP contribution >= 0.6 is 0 Å². The van der Waals surface area contributed by atoms with Gasteiger partial charge < -0.3 is 10.6 Å². The zero-order valence-corrected chi connectivity index (χ0v) is 21.2. The van der Waals surface area contributed by atoms with Crippen molar-refractivity contribution in [3.63, 3.8) is 0 Å². The molecule has 0 spiro atoms. The SMILES string of the molecule is C.C=C/C=C\C(=C/C)CCN1CCC(C(N)/C(=C/C)C(=C)N=C(C)C)CC1.CC.CC. The minimum atomic E-state index is 0. The number of allylic oxidation sites excluding steroid dienone is 5. The van der Waals surface area contributed by atoms with Gasteiger partial charge in [0.1, 0.15) is 0 Å². The van der Waals surface area contributed by atoms with E-state index in [9.17, 15) is 0 Å². The Balaban J connectivity index is -0.00000148. The van der Waals surface area contributed by atoms with E-state index in [1.165, 1.54) is 5.57 Å². The number of hydrogen-bond donors (Lipinski definition) is 1. The number of nitrogens with zero attached hydrogens (tertiary/aromatic N) is 2. The van der Waals surface area contributed by atoms with Gasteiger partial charge in [-0.2, -0.15) is 0 Å². The van der Waals surface area contributed by atoms with Gasteiger partial charge in [0.25, 0.3) is 0 Å². The highest BCUT2D eigenvalue weighted by Gasteiger charge is 2.27. The molecule has 1 heterocycles. The predicted molar refractivity (Wildman–Crippen MR) is 146 cm³/mol. The number of piperidine rings is 1. The van der Waals surface area contributed by atoms with E-state index < -0.39 is 0 Å². The number of rotatable bonds is 9. The first kappa shape index (κ1) is 33.9. The maximum absolute atomic E-state index is 6.58. The van der Waals surface area contributed by atoms with Crippen molar-refractivity contribution in [2.75, 3.05) is 19.6 Å². The summed E-state index contributed by atoms with van der Waals surface area (Å²) < 4.78 is 0. The summed E-state index contributed by atoms with van der Waals surface area (Å²) in [6, 6.07) is 0.0272. The van der Waals surface area contributed by atoms with Crippen molar-refractivity contribution in [3.05, 3.63) is 60.4 Å². The lowest BCUT2D eigenvalue weighted by atomic mass is 9.84. The first-order chi connectivity index (χ1) is 14.4. The molecule has 0 aromatic rings. The Hall–Kier alpha value is -1.71. The van der Waals surface area contributed by atoms with E-state index in [0.29, 0.717) is 5.92 Å². The lowest BCUT2D eigenvalue weighted by Crippen LogP contribution is -2.42. The fraction of sp³-hybridized carbons (Fsp3) is 0.607. The Morgan fingerprint density at radius 1 is 1.10 bits per heavy atom. The van der Waals surface area contributed by atoms with Gasteiger partial charge in [0.05, 0.1) is 5.70 Å². The largest absolute Gasteiger partial charge is 0.324 e. The van der Waals surface area contributed by atoms with Gasteiger partial charge in [0.15, 0.2) is 0 Å². The number of nitrogens with two attached hydrogens (primary N) is 1. The van der Waals surface area contributed by atoms with Gasteiger partial charge in [-0.05, 0) is 71.5 Å². The van der Waals surface area contributed by atoms with Crippen molar-refractivity contribution in [1.82, 2.24) is 4.90 Å². The van der Waals surface area contributed by atoms with Crippen molar-refractivity contribution in [2.24, 2.45) is 16.6 Å². The Morgan fingerprint density at radius 2 is 1.65 bits per heavy atom. The maximum atomic E-state index is 6.58. The van der Waals surface area contributed by atoms with E-state index in [-0.39, 0.29) is 13.5 Å². The van der Waals surface area contributed by atoms with E-state index in [2.05, 4.69) is 48.2 Å². The molecule has 0 saturated carbocycles. The standard InChI is InChI=1S/C23H37N3.2C2H6.CH4/c1-7-10-11-20(8-2)12-15-26-16-13-21(14-17-26)23(24)22(9-3)19(6)25-18(4)5;2*1-2;/h7-11,21,23H,1,6,12-17,24H2,2-5H3;2*1-2H3;1H4/b11-10-,20-8+,22-9+;;;. The van der Waals surface area contributed by atoms with Crippen molar-refractivity contribution in [2.45, 2.75) is 88.1 Å². The molecule has 1 aliphatic heterocycles. The van der Waals surface area contributed by atoms with Crippen LogP contribution < -0.4 is 5.73 Å². The van der Waals surface area contributed by atoms with Crippen LogP contribution in [-0.2, 0) is 0 Å². The molecule has 1 rings (SSSR count). The highest BCUT2D eigenvalue weighted by Crippen LogP contribution is 2.27. The van der Waals surface area contributed by atoms with Crippen LogP contribution in [0.25, 0.3) is 0 Å². The van der Waals surface area contributed by atoms with E-state index >= 15 is 0 Å². The molecule has 3 nitrogen and oxygen atoms in total. The first-order valence-corrected chi connectivity index (χ1v) is 11.7. The van der Waals surface area contributed by atoms with Gasteiger partial charge in [0.2, 0.25) is 0 Å². The Morgan fingerprint density at radius 3 is 2.06 bits per heavy atom. The number of likely N-dealkylation sites (tertiary alicyclic amines) is 1. The lowest BCUT2D eigenvalue weighted by Gasteiger charge is -2.35. The molecule has 1 atom stereocenters. The minimum Gasteiger partial charge on any atom is -0.324 e. The fourth-order valence-electron chi connectivity index (χ4n) is 3.48. The van der Waals surface area contributed by atoms with E-state index in [4.69, 9.17) is 5.73 Å². The quantitative estimate of drug-likeness (QED) is 0.300. The fourth-order valence-corrected chi connectivity index (χ4v) is 3.48. The summed E-state index contributed by atoms with van der Waals surface area (Å²) in [6.07, 6.45) is 13.6. The molecule has 1 saturated heterocycles. The van der Waals surface area contributed by atoms with E-state index in [0.717, 1.165) is 55.9 Å². The van der Waals surface area contributed by atoms with E-state index in [1.807, 2.05) is 60.6 Å². The van der Waals surface area contributed by atoms with Crippen LogP contribution in [0, 0.1) is 5.92 Å². The summed E-state index contributed by atoms with van der Waals surface area (Å²) in [5.74, 6) is 0.503. The lowest BCUT2D eigenvalue weighted by molar-refractivity contribution is 0.177. The smallest absolute Gasteiger partial charge is 0.0601 e. The van der Waals surface area contributed by atoms with Gasteiger partial charge in [-0.1, -0.05) is 84.2 Å². The molecule has 0 amide bonds. The third-order valence-electron chi connectivity index (χ3n) is 5.04. The molecular formula is C28H53N3.